The summed E-state index contributed by atoms with van der Waals surface area (Å²) in [4.78, 5) is 14.2. The molecule has 0 aliphatic carbocycles. The lowest BCUT2D eigenvalue weighted by molar-refractivity contribution is 0.0918. The second kappa shape index (κ2) is 9.54. The first-order valence-corrected chi connectivity index (χ1v) is 8.59. The molecule has 2 rings (SSSR count). The van der Waals surface area contributed by atoms with Crippen LogP contribution in [-0.4, -0.2) is 55.3 Å². The fourth-order valence-corrected chi connectivity index (χ4v) is 2.94. The van der Waals surface area contributed by atoms with E-state index in [0.717, 1.165) is 44.0 Å². The number of hydrogen-bond acceptors (Lipinski definition) is 3. The number of ether oxygens (including phenoxy) is 1. The maximum absolute atomic E-state index is 13.6. The standard InChI is InChI=1S/C17H24FN3O2S/c1-23-12-4-9-19-17(24)21-10-7-13(8-11-21)20-16(22)14-5-2-3-6-15(14)18/h2-3,5-6,13H,4,7-12H2,1H3,(H,19,24)(H,20,22). The van der Waals surface area contributed by atoms with E-state index in [1.54, 1.807) is 19.2 Å². The smallest absolute Gasteiger partial charge is 0.254 e. The number of nitrogens with one attached hydrogen (secondary N) is 2. The summed E-state index contributed by atoms with van der Waals surface area (Å²) < 4.78 is 18.6. The first-order valence-electron chi connectivity index (χ1n) is 8.19. The molecule has 1 saturated heterocycles. The van der Waals surface area contributed by atoms with E-state index in [9.17, 15) is 9.18 Å². The molecule has 1 aliphatic rings. The van der Waals surface area contributed by atoms with E-state index < -0.39 is 5.82 Å². The molecule has 5 nitrogen and oxygen atoms in total. The van der Waals surface area contributed by atoms with Crippen LogP contribution < -0.4 is 10.6 Å². The molecule has 1 aromatic rings. The highest BCUT2D eigenvalue weighted by atomic mass is 32.1. The lowest BCUT2D eigenvalue weighted by Crippen LogP contribution is -2.49. The number of methoxy groups -OCH3 is 1. The molecule has 0 radical (unpaired) electrons. The van der Waals surface area contributed by atoms with Crippen molar-refractivity contribution in [2.75, 3.05) is 33.4 Å². The molecule has 1 heterocycles. The molecule has 0 spiro atoms. The molecule has 0 saturated carbocycles. The summed E-state index contributed by atoms with van der Waals surface area (Å²) in [7, 11) is 1.68. The van der Waals surface area contributed by atoms with Crippen molar-refractivity contribution in [3.8, 4) is 0 Å². The summed E-state index contributed by atoms with van der Waals surface area (Å²) in [6.45, 7) is 3.05. The SMILES string of the molecule is COCCCNC(=S)N1CCC(NC(=O)c2ccccc2F)CC1. The molecule has 7 heteroatoms. The molecule has 24 heavy (non-hydrogen) atoms. The van der Waals surface area contributed by atoms with Gasteiger partial charge in [0.15, 0.2) is 5.11 Å². The molecule has 0 aromatic heterocycles. The number of rotatable bonds is 6. The number of carbonyl (C=O) groups is 1. The maximum Gasteiger partial charge on any atom is 0.254 e. The summed E-state index contributed by atoms with van der Waals surface area (Å²) in [6, 6.07) is 6.08. The van der Waals surface area contributed by atoms with Crippen LogP contribution in [-0.2, 0) is 4.74 Å². The monoisotopic (exact) mass is 353 g/mol. The minimum Gasteiger partial charge on any atom is -0.385 e. The number of benzene rings is 1. The number of hydrogen-bond donors (Lipinski definition) is 2. The van der Waals surface area contributed by atoms with Gasteiger partial charge in [-0.3, -0.25) is 4.79 Å². The van der Waals surface area contributed by atoms with Gasteiger partial charge >= 0.3 is 0 Å². The van der Waals surface area contributed by atoms with Gasteiger partial charge in [-0.2, -0.15) is 0 Å². The first-order chi connectivity index (χ1) is 11.6. The molecule has 1 fully saturated rings. The van der Waals surface area contributed by atoms with Crippen molar-refractivity contribution in [2.24, 2.45) is 0 Å². The Morgan fingerprint density at radius 1 is 1.38 bits per heavy atom. The van der Waals surface area contributed by atoms with Gasteiger partial charge in [0.1, 0.15) is 5.82 Å². The van der Waals surface area contributed by atoms with Gasteiger partial charge in [-0.15, -0.1) is 0 Å². The van der Waals surface area contributed by atoms with Gasteiger partial charge in [0.2, 0.25) is 0 Å². The van der Waals surface area contributed by atoms with E-state index in [2.05, 4.69) is 15.5 Å². The fourth-order valence-electron chi connectivity index (χ4n) is 2.66. The quantitative estimate of drug-likeness (QED) is 0.605. The molecule has 132 valence electrons. The lowest BCUT2D eigenvalue weighted by Gasteiger charge is -2.34. The van der Waals surface area contributed by atoms with Crippen LogP contribution in [0.25, 0.3) is 0 Å². The van der Waals surface area contributed by atoms with Gasteiger partial charge in [-0.1, -0.05) is 12.1 Å². The minimum absolute atomic E-state index is 0.0460. The summed E-state index contributed by atoms with van der Waals surface area (Å²) >= 11 is 5.38. The van der Waals surface area contributed by atoms with Crippen molar-refractivity contribution in [1.29, 1.82) is 0 Å². The number of piperidine rings is 1. The van der Waals surface area contributed by atoms with Crippen LogP contribution in [0.1, 0.15) is 29.6 Å². The van der Waals surface area contributed by atoms with E-state index >= 15 is 0 Å². The number of likely N-dealkylation sites (tertiary alicyclic amines) is 1. The Morgan fingerprint density at radius 3 is 2.75 bits per heavy atom. The van der Waals surface area contributed by atoms with Crippen LogP contribution >= 0.6 is 12.2 Å². The zero-order chi connectivity index (χ0) is 17.4. The third kappa shape index (κ3) is 5.42. The van der Waals surface area contributed by atoms with Crippen molar-refractivity contribution in [1.82, 2.24) is 15.5 Å². The normalized spacial score (nSPS) is 15.2. The van der Waals surface area contributed by atoms with Gasteiger partial charge in [0.25, 0.3) is 5.91 Å². The van der Waals surface area contributed by atoms with E-state index in [1.807, 2.05) is 0 Å². The predicted molar refractivity (Wildman–Crippen MR) is 95.6 cm³/mol. The molecule has 1 aromatic carbocycles. The molecule has 1 aliphatic heterocycles. The summed E-state index contributed by atoms with van der Waals surface area (Å²) in [5.41, 5.74) is 0.0928. The van der Waals surface area contributed by atoms with Crippen molar-refractivity contribution in [3.05, 3.63) is 35.6 Å². The highest BCUT2D eigenvalue weighted by Crippen LogP contribution is 2.13. The third-order valence-electron chi connectivity index (χ3n) is 4.04. The Morgan fingerprint density at radius 2 is 2.08 bits per heavy atom. The maximum atomic E-state index is 13.6. The van der Waals surface area contributed by atoms with Crippen LogP contribution in [0.3, 0.4) is 0 Å². The van der Waals surface area contributed by atoms with Crippen molar-refractivity contribution in [3.63, 3.8) is 0 Å². The Kier molecular flexibility index (Phi) is 7.39. The van der Waals surface area contributed by atoms with Crippen molar-refractivity contribution in [2.45, 2.75) is 25.3 Å². The molecule has 0 unspecified atom stereocenters. The number of amides is 1. The molecular formula is C17H24FN3O2S. The van der Waals surface area contributed by atoms with Gasteiger partial charge in [-0.25, -0.2) is 4.39 Å². The summed E-state index contributed by atoms with van der Waals surface area (Å²) in [5, 5.41) is 6.87. The highest BCUT2D eigenvalue weighted by molar-refractivity contribution is 7.80. The van der Waals surface area contributed by atoms with Gasteiger partial charge in [0.05, 0.1) is 5.56 Å². The van der Waals surface area contributed by atoms with Crippen LogP contribution in [0.2, 0.25) is 0 Å². The second-order valence-corrected chi connectivity index (χ2v) is 6.18. The highest BCUT2D eigenvalue weighted by Gasteiger charge is 2.23. The lowest BCUT2D eigenvalue weighted by atomic mass is 10.0. The Labute approximate surface area is 147 Å². The van der Waals surface area contributed by atoms with Crippen molar-refractivity contribution < 1.29 is 13.9 Å². The van der Waals surface area contributed by atoms with Crippen molar-refractivity contribution >= 4 is 23.2 Å². The third-order valence-corrected chi connectivity index (χ3v) is 4.44. The average molecular weight is 353 g/mol. The first kappa shape index (κ1) is 18.6. The van der Waals surface area contributed by atoms with Gasteiger partial charge < -0.3 is 20.3 Å². The largest absolute Gasteiger partial charge is 0.385 e. The number of thiocarbonyl (C=S) groups is 1. The molecule has 0 bridgehead atoms. The Hall–Kier alpha value is -1.73. The zero-order valence-electron chi connectivity index (χ0n) is 13.9. The van der Waals surface area contributed by atoms with Crippen LogP contribution in [0.5, 0.6) is 0 Å². The van der Waals surface area contributed by atoms with E-state index in [0.29, 0.717) is 6.61 Å². The summed E-state index contributed by atoms with van der Waals surface area (Å²) in [5.74, 6) is -0.847. The summed E-state index contributed by atoms with van der Waals surface area (Å²) in [6.07, 6.45) is 2.49. The number of halogens is 1. The Bertz CT molecular complexity index is 563. The number of carbonyl (C=O) groups excluding carboxylic acids is 1. The Balaban J connectivity index is 1.73. The number of nitrogens with zero attached hydrogens (tertiary/aromatic N) is 1. The van der Waals surface area contributed by atoms with Crippen LogP contribution in [0.4, 0.5) is 4.39 Å². The molecule has 1 amide bonds. The van der Waals surface area contributed by atoms with Crippen LogP contribution in [0, 0.1) is 5.82 Å². The van der Waals surface area contributed by atoms with Gasteiger partial charge in [0, 0.05) is 39.4 Å². The van der Waals surface area contributed by atoms with E-state index in [1.165, 1.54) is 12.1 Å². The minimum atomic E-state index is -0.492. The van der Waals surface area contributed by atoms with E-state index in [4.69, 9.17) is 17.0 Å². The molecular weight excluding hydrogens is 329 g/mol. The predicted octanol–water partition coefficient (Wildman–Crippen LogP) is 1.93. The topological polar surface area (TPSA) is 53.6 Å². The fraction of sp³-hybridized carbons (Fsp3) is 0.529. The van der Waals surface area contributed by atoms with Crippen LogP contribution in [0.15, 0.2) is 24.3 Å². The van der Waals surface area contributed by atoms with E-state index in [-0.39, 0.29) is 17.5 Å². The van der Waals surface area contributed by atoms with Gasteiger partial charge in [-0.05, 0) is 43.6 Å². The molecule has 2 N–H and O–H groups in total. The zero-order valence-corrected chi connectivity index (χ0v) is 14.7. The average Bonchev–Trinajstić information content (AvgIpc) is 2.59. The molecule has 0 atom stereocenters. The second-order valence-electron chi connectivity index (χ2n) is 5.79.